The first-order chi connectivity index (χ1) is 12.7. The molecule has 1 aliphatic rings. The summed E-state index contributed by atoms with van der Waals surface area (Å²) in [4.78, 5) is 17.5. The molecule has 3 aromatic rings. The third-order valence-corrected chi connectivity index (χ3v) is 5.19. The summed E-state index contributed by atoms with van der Waals surface area (Å²) >= 11 is 1.44. The van der Waals surface area contributed by atoms with E-state index in [1.165, 1.54) is 11.3 Å². The monoisotopic (exact) mass is 364 g/mol. The zero-order chi connectivity index (χ0) is 18.1. The van der Waals surface area contributed by atoms with E-state index in [2.05, 4.69) is 10.9 Å². The van der Waals surface area contributed by atoms with Gasteiger partial charge in [-0.2, -0.15) is 4.99 Å². The molecule has 1 unspecified atom stereocenters. The summed E-state index contributed by atoms with van der Waals surface area (Å²) in [7, 11) is 0. The molecule has 26 heavy (non-hydrogen) atoms. The average Bonchev–Trinajstić information content (AvgIpc) is 3.00. The Morgan fingerprint density at radius 2 is 2.12 bits per heavy atom. The third kappa shape index (κ3) is 2.87. The lowest BCUT2D eigenvalue weighted by atomic mass is 10.2. The number of para-hydroxylation sites is 3. The highest BCUT2D eigenvalue weighted by Crippen LogP contribution is 2.31. The van der Waals surface area contributed by atoms with Crippen molar-refractivity contribution in [1.82, 2.24) is 4.57 Å². The molecule has 0 fully saturated rings. The number of amides is 1. The van der Waals surface area contributed by atoms with Crippen LogP contribution in [0.4, 0.5) is 0 Å². The molecule has 0 saturated heterocycles. The molecule has 0 radical (unpaired) electrons. The van der Waals surface area contributed by atoms with E-state index in [4.69, 9.17) is 15.9 Å². The van der Waals surface area contributed by atoms with Crippen LogP contribution < -0.4 is 14.3 Å². The first kappa shape index (κ1) is 16.4. The van der Waals surface area contributed by atoms with Gasteiger partial charge in [0.1, 0.15) is 6.61 Å². The fraction of sp³-hybridized carbons (Fsp3) is 0.200. The van der Waals surface area contributed by atoms with Crippen LogP contribution in [-0.4, -0.2) is 23.2 Å². The highest BCUT2D eigenvalue weighted by atomic mass is 32.1. The number of fused-ring (bicyclic) bond motifs is 2. The number of aryl methyl sites for hydroxylation is 1. The molecule has 5 nitrogen and oxygen atoms in total. The molecule has 1 amide bonds. The van der Waals surface area contributed by atoms with Gasteiger partial charge in [-0.15, -0.1) is 6.42 Å². The van der Waals surface area contributed by atoms with Crippen LogP contribution in [0.3, 0.4) is 0 Å². The number of terminal acetylenes is 1. The Hall–Kier alpha value is -3.04. The van der Waals surface area contributed by atoms with E-state index in [9.17, 15) is 4.79 Å². The largest absolute Gasteiger partial charge is 0.485 e. The molecule has 2 heterocycles. The number of carbonyl (C=O) groups is 1. The summed E-state index contributed by atoms with van der Waals surface area (Å²) in [5.74, 6) is 3.45. The molecule has 2 aromatic carbocycles. The van der Waals surface area contributed by atoms with Crippen molar-refractivity contribution in [2.24, 2.45) is 4.99 Å². The van der Waals surface area contributed by atoms with Crippen LogP contribution in [0.5, 0.6) is 11.5 Å². The molecule has 1 aromatic heterocycles. The van der Waals surface area contributed by atoms with Gasteiger partial charge in [-0.25, -0.2) is 0 Å². The number of thiazole rings is 1. The summed E-state index contributed by atoms with van der Waals surface area (Å²) in [6.07, 6.45) is 4.75. The molecule has 0 N–H and O–H groups in total. The van der Waals surface area contributed by atoms with Crippen molar-refractivity contribution in [3.05, 3.63) is 52.8 Å². The van der Waals surface area contributed by atoms with Gasteiger partial charge >= 0.3 is 0 Å². The molecule has 0 aliphatic carbocycles. The van der Waals surface area contributed by atoms with Gasteiger partial charge in [0.15, 0.2) is 16.3 Å². The fourth-order valence-corrected chi connectivity index (χ4v) is 4.05. The zero-order valence-electron chi connectivity index (χ0n) is 14.1. The number of carbonyl (C=O) groups excluding carboxylic acids is 1. The van der Waals surface area contributed by atoms with Crippen LogP contribution in [0.1, 0.15) is 5.56 Å². The Morgan fingerprint density at radius 3 is 2.92 bits per heavy atom. The van der Waals surface area contributed by atoms with Crippen molar-refractivity contribution < 1.29 is 14.3 Å². The first-order valence-corrected chi connectivity index (χ1v) is 8.98. The van der Waals surface area contributed by atoms with Crippen LogP contribution in [-0.2, 0) is 11.3 Å². The van der Waals surface area contributed by atoms with Gasteiger partial charge in [0, 0.05) is 0 Å². The van der Waals surface area contributed by atoms with Gasteiger partial charge in [-0.3, -0.25) is 4.79 Å². The van der Waals surface area contributed by atoms with Crippen LogP contribution >= 0.6 is 11.3 Å². The maximum atomic E-state index is 12.7. The highest BCUT2D eigenvalue weighted by molar-refractivity contribution is 7.16. The van der Waals surface area contributed by atoms with Gasteiger partial charge in [-0.1, -0.05) is 41.5 Å². The number of nitrogens with zero attached hydrogens (tertiary/aromatic N) is 2. The van der Waals surface area contributed by atoms with E-state index in [0.717, 1.165) is 15.8 Å². The van der Waals surface area contributed by atoms with E-state index in [1.807, 2.05) is 47.9 Å². The predicted molar refractivity (Wildman–Crippen MR) is 100 cm³/mol. The summed E-state index contributed by atoms with van der Waals surface area (Å²) in [6.45, 7) is 2.50. The lowest BCUT2D eigenvalue weighted by molar-refractivity contribution is -0.127. The van der Waals surface area contributed by atoms with E-state index in [0.29, 0.717) is 22.8 Å². The van der Waals surface area contributed by atoms with Crippen LogP contribution in [0.15, 0.2) is 47.5 Å². The lowest BCUT2D eigenvalue weighted by Crippen LogP contribution is -2.36. The smallest absolute Gasteiger partial charge is 0.292 e. The molecule has 1 aliphatic heterocycles. The summed E-state index contributed by atoms with van der Waals surface area (Å²) in [5, 5.41) is 0. The van der Waals surface area contributed by atoms with Gasteiger partial charge in [-0.05, 0) is 30.7 Å². The molecule has 6 heteroatoms. The molecular formula is C20H16N2O3S. The summed E-state index contributed by atoms with van der Waals surface area (Å²) in [5.41, 5.74) is 2.10. The molecule has 1 atom stereocenters. The standard InChI is InChI=1S/C20H16N2O3S/c1-3-11-22-18-13(2)7-6-10-17(18)26-20(22)21-19(23)16-12-24-14-8-4-5-9-15(14)25-16/h1,4-10,16H,11-12H2,2H3. The van der Waals surface area contributed by atoms with Crippen molar-refractivity contribution in [2.45, 2.75) is 19.6 Å². The second kappa shape index (κ2) is 6.70. The third-order valence-electron chi connectivity index (χ3n) is 4.14. The van der Waals surface area contributed by atoms with Gasteiger partial charge in [0.2, 0.25) is 6.10 Å². The van der Waals surface area contributed by atoms with Crippen LogP contribution in [0.2, 0.25) is 0 Å². The van der Waals surface area contributed by atoms with Crippen molar-refractivity contribution >= 4 is 27.5 Å². The van der Waals surface area contributed by atoms with Gasteiger partial charge in [0.25, 0.3) is 5.91 Å². The van der Waals surface area contributed by atoms with Crippen molar-refractivity contribution in [1.29, 1.82) is 0 Å². The number of aromatic nitrogens is 1. The first-order valence-electron chi connectivity index (χ1n) is 8.17. The average molecular weight is 364 g/mol. The summed E-state index contributed by atoms with van der Waals surface area (Å²) < 4.78 is 14.3. The van der Waals surface area contributed by atoms with Gasteiger partial charge in [0.05, 0.1) is 16.8 Å². The quantitative estimate of drug-likeness (QED) is 0.657. The molecule has 4 rings (SSSR count). The minimum Gasteiger partial charge on any atom is -0.485 e. The van der Waals surface area contributed by atoms with Gasteiger partial charge < -0.3 is 14.0 Å². The minimum atomic E-state index is -0.768. The van der Waals surface area contributed by atoms with E-state index >= 15 is 0 Å². The molecule has 130 valence electrons. The Kier molecular flexibility index (Phi) is 4.23. The highest BCUT2D eigenvalue weighted by Gasteiger charge is 2.27. The van der Waals surface area contributed by atoms with Crippen molar-refractivity contribution in [2.75, 3.05) is 6.61 Å². The minimum absolute atomic E-state index is 0.137. The van der Waals surface area contributed by atoms with Crippen molar-refractivity contribution in [3.8, 4) is 23.8 Å². The Balaban J connectivity index is 1.73. The normalized spacial score (nSPS) is 16.5. The number of hydrogen-bond donors (Lipinski definition) is 0. The molecule has 0 saturated carbocycles. The zero-order valence-corrected chi connectivity index (χ0v) is 15.0. The van der Waals surface area contributed by atoms with E-state index in [-0.39, 0.29) is 12.5 Å². The topological polar surface area (TPSA) is 52.8 Å². The molecular weight excluding hydrogens is 348 g/mol. The maximum absolute atomic E-state index is 12.7. The Bertz CT molecular complexity index is 1100. The number of benzene rings is 2. The van der Waals surface area contributed by atoms with E-state index in [1.54, 1.807) is 6.07 Å². The van der Waals surface area contributed by atoms with E-state index < -0.39 is 6.10 Å². The molecule has 0 bridgehead atoms. The van der Waals surface area contributed by atoms with Crippen LogP contribution in [0, 0.1) is 19.3 Å². The Morgan fingerprint density at radius 1 is 1.31 bits per heavy atom. The maximum Gasteiger partial charge on any atom is 0.292 e. The van der Waals surface area contributed by atoms with Crippen molar-refractivity contribution in [3.63, 3.8) is 0 Å². The second-order valence-electron chi connectivity index (χ2n) is 5.91. The lowest BCUT2D eigenvalue weighted by Gasteiger charge is -2.23. The predicted octanol–water partition coefficient (Wildman–Crippen LogP) is 2.91. The SMILES string of the molecule is C#CCn1c(=NC(=O)C2COc3ccccc3O2)sc2cccc(C)c21. The fourth-order valence-electron chi connectivity index (χ4n) is 2.94. The Labute approximate surface area is 154 Å². The van der Waals surface area contributed by atoms with Crippen LogP contribution in [0.25, 0.3) is 10.2 Å². The number of ether oxygens (including phenoxy) is 2. The molecule has 0 spiro atoms. The summed E-state index contributed by atoms with van der Waals surface area (Å²) in [6, 6.07) is 13.3. The second-order valence-corrected chi connectivity index (χ2v) is 6.92. The number of hydrogen-bond acceptors (Lipinski definition) is 4. The number of rotatable bonds is 2.